The highest BCUT2D eigenvalue weighted by Gasteiger charge is 2.06. The minimum absolute atomic E-state index is 0. The van der Waals surface area contributed by atoms with Crippen LogP contribution in [-0.2, 0) is 0 Å². The van der Waals surface area contributed by atoms with Crippen molar-refractivity contribution in [2.24, 2.45) is 0 Å². The standard InChI is InChI=1S/3C18H14.CH4/c1-3-9-15(10-4-1)17-13-7-8-14-18(17)16-11-5-2-6-12-16;1-3-8-15(9-4-1)17-12-7-13-18(14-17)16-10-5-2-6-11-16;1-3-7-15(8-4-1)17-11-13-18(14-12-17)16-9-5-2-6-10-16;/h3*1-14H;1H4. The molecule has 55 heavy (non-hydrogen) atoms. The van der Waals surface area contributed by atoms with Crippen molar-refractivity contribution >= 4 is 0 Å². The first-order valence-electron chi connectivity index (χ1n) is 18.4. The summed E-state index contributed by atoms with van der Waals surface area (Å²) in [5.41, 5.74) is 15.2. The number of benzene rings is 9. The molecule has 0 atom stereocenters. The average Bonchev–Trinajstić information content (AvgIpc) is 3.29. The first-order valence-corrected chi connectivity index (χ1v) is 18.4. The van der Waals surface area contributed by atoms with Gasteiger partial charge in [0.25, 0.3) is 0 Å². The van der Waals surface area contributed by atoms with Crippen LogP contribution in [0.1, 0.15) is 7.43 Å². The lowest BCUT2D eigenvalue weighted by molar-refractivity contribution is 1.58. The molecule has 0 aromatic heterocycles. The van der Waals surface area contributed by atoms with Gasteiger partial charge in [0.1, 0.15) is 0 Å². The number of rotatable bonds is 6. The molecule has 9 rings (SSSR count). The normalized spacial score (nSPS) is 10.0. The van der Waals surface area contributed by atoms with Crippen molar-refractivity contribution in [3.63, 3.8) is 0 Å². The Hall–Kier alpha value is -7.02. The second-order valence-electron chi connectivity index (χ2n) is 12.9. The first kappa shape index (κ1) is 37.7. The summed E-state index contributed by atoms with van der Waals surface area (Å²) in [7, 11) is 0. The molecule has 0 aliphatic carbocycles. The van der Waals surface area contributed by atoms with E-state index >= 15 is 0 Å². The van der Waals surface area contributed by atoms with Gasteiger partial charge in [-0.2, -0.15) is 0 Å². The second-order valence-corrected chi connectivity index (χ2v) is 12.9. The van der Waals surface area contributed by atoms with E-state index < -0.39 is 0 Å². The van der Waals surface area contributed by atoms with Crippen LogP contribution in [0.3, 0.4) is 0 Å². The van der Waals surface area contributed by atoms with Crippen LogP contribution in [0.25, 0.3) is 66.8 Å². The van der Waals surface area contributed by atoms with E-state index in [0.29, 0.717) is 0 Å². The molecule has 9 aromatic rings. The quantitative estimate of drug-likeness (QED) is 0.161. The van der Waals surface area contributed by atoms with Crippen LogP contribution in [0.4, 0.5) is 0 Å². The molecule has 0 nitrogen and oxygen atoms in total. The highest BCUT2D eigenvalue weighted by atomic mass is 14.1. The smallest absolute Gasteiger partial charge is 0.0105 e. The maximum atomic E-state index is 2.24. The minimum atomic E-state index is 0. The van der Waals surface area contributed by atoms with Gasteiger partial charge in [-0.15, -0.1) is 0 Å². The molecule has 0 aliphatic heterocycles. The summed E-state index contributed by atoms with van der Waals surface area (Å²) in [6, 6.07) is 88.8. The topological polar surface area (TPSA) is 0 Å². The zero-order chi connectivity index (χ0) is 36.6. The Morgan fingerprint density at radius 2 is 0.345 bits per heavy atom. The summed E-state index contributed by atoms with van der Waals surface area (Å²) in [5, 5.41) is 0. The molecule has 0 fully saturated rings. The fraction of sp³-hybridized carbons (Fsp3) is 0.0182. The highest BCUT2D eigenvalue weighted by molar-refractivity contribution is 5.83. The van der Waals surface area contributed by atoms with E-state index in [1.807, 2.05) is 24.3 Å². The SMILES string of the molecule is C.c1ccc(-c2ccc(-c3ccccc3)cc2)cc1.c1ccc(-c2cccc(-c3ccccc3)c2)cc1.c1ccc(-c2ccccc2-c2ccccc2)cc1. The van der Waals surface area contributed by atoms with E-state index in [-0.39, 0.29) is 7.43 Å². The maximum Gasteiger partial charge on any atom is -0.0105 e. The van der Waals surface area contributed by atoms with Gasteiger partial charge in [-0.05, 0) is 72.8 Å². The van der Waals surface area contributed by atoms with Crippen LogP contribution in [0, 0.1) is 0 Å². The summed E-state index contributed by atoms with van der Waals surface area (Å²) in [6.45, 7) is 0. The Kier molecular flexibility index (Phi) is 13.5. The molecular weight excluding hydrogens is 661 g/mol. The molecule has 0 radical (unpaired) electrons. The van der Waals surface area contributed by atoms with Gasteiger partial charge in [-0.25, -0.2) is 0 Å². The summed E-state index contributed by atoms with van der Waals surface area (Å²) in [5.74, 6) is 0. The molecule has 0 aliphatic rings. The minimum Gasteiger partial charge on any atom is -0.0776 e. The Labute approximate surface area is 327 Å². The van der Waals surface area contributed by atoms with Crippen molar-refractivity contribution in [2.45, 2.75) is 7.43 Å². The summed E-state index contributed by atoms with van der Waals surface area (Å²) in [4.78, 5) is 0. The van der Waals surface area contributed by atoms with Crippen LogP contribution in [0.15, 0.2) is 255 Å². The van der Waals surface area contributed by atoms with Gasteiger partial charge in [0, 0.05) is 0 Å². The molecule has 0 N–H and O–H groups in total. The van der Waals surface area contributed by atoms with Gasteiger partial charge in [0.05, 0.1) is 0 Å². The van der Waals surface area contributed by atoms with Crippen LogP contribution >= 0.6 is 0 Å². The van der Waals surface area contributed by atoms with Crippen molar-refractivity contribution in [1.29, 1.82) is 0 Å². The largest absolute Gasteiger partial charge is 0.0776 e. The molecule has 0 amide bonds. The predicted molar refractivity (Wildman–Crippen MR) is 239 cm³/mol. The monoisotopic (exact) mass is 706 g/mol. The molecule has 0 unspecified atom stereocenters. The van der Waals surface area contributed by atoms with E-state index in [1.54, 1.807) is 0 Å². The highest BCUT2D eigenvalue weighted by Crippen LogP contribution is 2.32. The lowest BCUT2D eigenvalue weighted by atomic mass is 9.95. The van der Waals surface area contributed by atoms with Crippen LogP contribution in [0.2, 0.25) is 0 Å². The molecule has 0 bridgehead atoms. The molecule has 0 saturated heterocycles. The Morgan fingerprint density at radius 1 is 0.145 bits per heavy atom. The van der Waals surface area contributed by atoms with Crippen molar-refractivity contribution in [3.8, 4) is 66.8 Å². The fourth-order valence-electron chi connectivity index (χ4n) is 6.48. The average molecular weight is 707 g/mol. The van der Waals surface area contributed by atoms with Crippen molar-refractivity contribution < 1.29 is 0 Å². The fourth-order valence-corrected chi connectivity index (χ4v) is 6.48. The van der Waals surface area contributed by atoms with E-state index in [4.69, 9.17) is 0 Å². The third-order valence-corrected chi connectivity index (χ3v) is 9.27. The van der Waals surface area contributed by atoms with Crippen LogP contribution < -0.4 is 0 Å². The molecule has 0 spiro atoms. The third-order valence-electron chi connectivity index (χ3n) is 9.27. The van der Waals surface area contributed by atoms with Crippen molar-refractivity contribution in [1.82, 2.24) is 0 Å². The summed E-state index contributed by atoms with van der Waals surface area (Å²) < 4.78 is 0. The Morgan fingerprint density at radius 3 is 0.636 bits per heavy atom. The zero-order valence-electron chi connectivity index (χ0n) is 30.2. The molecule has 0 heterocycles. The van der Waals surface area contributed by atoms with Gasteiger partial charge >= 0.3 is 0 Å². The van der Waals surface area contributed by atoms with Crippen LogP contribution in [0.5, 0.6) is 0 Å². The van der Waals surface area contributed by atoms with E-state index in [1.165, 1.54) is 66.8 Å². The summed E-state index contributed by atoms with van der Waals surface area (Å²) >= 11 is 0. The first-order chi connectivity index (χ1) is 26.8. The summed E-state index contributed by atoms with van der Waals surface area (Å²) in [6.07, 6.45) is 0. The number of hydrogen-bond donors (Lipinski definition) is 0. The van der Waals surface area contributed by atoms with Gasteiger partial charge < -0.3 is 0 Å². The van der Waals surface area contributed by atoms with Crippen molar-refractivity contribution in [2.75, 3.05) is 0 Å². The molecule has 0 heteroatoms. The predicted octanol–water partition coefficient (Wildman–Crippen LogP) is 15.7. The molecule has 0 saturated carbocycles. The zero-order valence-corrected chi connectivity index (χ0v) is 30.2. The van der Waals surface area contributed by atoms with Gasteiger partial charge in [-0.3, -0.25) is 0 Å². The van der Waals surface area contributed by atoms with Crippen LogP contribution in [-0.4, -0.2) is 0 Å². The van der Waals surface area contributed by atoms with Gasteiger partial charge in [0.15, 0.2) is 0 Å². The van der Waals surface area contributed by atoms with E-state index in [9.17, 15) is 0 Å². The maximum absolute atomic E-state index is 2.24. The molecule has 266 valence electrons. The molecular formula is C55H46. The lowest BCUT2D eigenvalue weighted by Gasteiger charge is -2.09. The Balaban J connectivity index is 0.000000139. The van der Waals surface area contributed by atoms with Crippen molar-refractivity contribution in [3.05, 3.63) is 255 Å². The van der Waals surface area contributed by atoms with E-state index in [0.717, 1.165) is 0 Å². The van der Waals surface area contributed by atoms with Gasteiger partial charge in [-0.1, -0.05) is 256 Å². The van der Waals surface area contributed by atoms with E-state index in [2.05, 4.69) is 231 Å². The Bertz CT molecular complexity index is 2250. The van der Waals surface area contributed by atoms with Gasteiger partial charge in [0.2, 0.25) is 0 Å². The third kappa shape index (κ3) is 10.3. The molecule has 9 aromatic carbocycles. The number of hydrogen-bond acceptors (Lipinski definition) is 0. The second kappa shape index (κ2) is 19.7. The lowest BCUT2D eigenvalue weighted by Crippen LogP contribution is -1.83.